The van der Waals surface area contributed by atoms with Crippen LogP contribution in [0.4, 0.5) is 15.8 Å². The van der Waals surface area contributed by atoms with Gasteiger partial charge in [-0.05, 0) is 36.2 Å². The van der Waals surface area contributed by atoms with Crippen LogP contribution >= 0.6 is 23.2 Å². The Morgan fingerprint density at radius 2 is 1.96 bits per heavy atom. The van der Waals surface area contributed by atoms with E-state index in [9.17, 15) is 19.3 Å². The van der Waals surface area contributed by atoms with Crippen LogP contribution in [0.2, 0.25) is 10.0 Å². The summed E-state index contributed by atoms with van der Waals surface area (Å²) in [4.78, 5) is 21.8. The van der Waals surface area contributed by atoms with Gasteiger partial charge in [0.1, 0.15) is 0 Å². The number of carbonyl (C=O) groups is 1. The van der Waals surface area contributed by atoms with Crippen LogP contribution in [0.5, 0.6) is 0 Å². The van der Waals surface area contributed by atoms with E-state index in [4.69, 9.17) is 23.2 Å². The normalized spacial score (nSPS) is 10.4. The second kappa shape index (κ2) is 7.39. The molecule has 23 heavy (non-hydrogen) atoms. The highest BCUT2D eigenvalue weighted by Crippen LogP contribution is 2.25. The minimum atomic E-state index is -0.906. The summed E-state index contributed by atoms with van der Waals surface area (Å²) in [5.41, 5.74) is 0.310. The molecule has 2 aromatic rings. The van der Waals surface area contributed by atoms with Crippen molar-refractivity contribution in [3.8, 4) is 0 Å². The third-order valence-corrected chi connectivity index (χ3v) is 3.60. The first-order valence-corrected chi connectivity index (χ1v) is 7.30. The van der Waals surface area contributed by atoms with Crippen molar-refractivity contribution in [2.45, 2.75) is 12.8 Å². The number of nitro benzene ring substituents is 1. The number of anilines is 1. The van der Waals surface area contributed by atoms with E-state index in [2.05, 4.69) is 5.32 Å². The zero-order chi connectivity index (χ0) is 17.0. The zero-order valence-electron chi connectivity index (χ0n) is 11.7. The molecular formula is C15H11Cl2FN2O3. The van der Waals surface area contributed by atoms with Crippen LogP contribution in [-0.4, -0.2) is 10.8 Å². The van der Waals surface area contributed by atoms with E-state index in [1.807, 2.05) is 0 Å². The van der Waals surface area contributed by atoms with Crippen LogP contribution < -0.4 is 5.32 Å². The number of nitrogens with one attached hydrogen (secondary N) is 1. The minimum absolute atomic E-state index is 0.0712. The van der Waals surface area contributed by atoms with Crippen LogP contribution in [0.15, 0.2) is 36.4 Å². The van der Waals surface area contributed by atoms with Gasteiger partial charge in [-0.1, -0.05) is 29.3 Å². The number of carbonyl (C=O) groups excluding carboxylic acids is 1. The van der Waals surface area contributed by atoms with E-state index >= 15 is 0 Å². The molecule has 2 rings (SSSR count). The summed E-state index contributed by atoms with van der Waals surface area (Å²) in [7, 11) is 0. The largest absolute Gasteiger partial charge is 0.325 e. The highest BCUT2D eigenvalue weighted by molar-refractivity contribution is 6.36. The lowest BCUT2D eigenvalue weighted by molar-refractivity contribution is -0.387. The van der Waals surface area contributed by atoms with E-state index in [0.29, 0.717) is 21.3 Å². The monoisotopic (exact) mass is 356 g/mol. The average Bonchev–Trinajstić information content (AvgIpc) is 2.49. The second-order valence-corrected chi connectivity index (χ2v) is 5.56. The first-order valence-electron chi connectivity index (χ1n) is 6.54. The SMILES string of the molecule is O=C(CCc1ccc(F)c([N+](=O)[O-])c1)Nc1ccc(Cl)cc1Cl. The summed E-state index contributed by atoms with van der Waals surface area (Å²) in [5.74, 6) is -1.22. The Balaban J connectivity index is 1.99. The molecule has 0 heterocycles. The van der Waals surface area contributed by atoms with Gasteiger partial charge in [-0.15, -0.1) is 0 Å². The predicted molar refractivity (Wildman–Crippen MR) is 86.5 cm³/mol. The summed E-state index contributed by atoms with van der Waals surface area (Å²) in [6.07, 6.45) is 0.305. The molecule has 0 radical (unpaired) electrons. The van der Waals surface area contributed by atoms with Gasteiger partial charge in [-0.3, -0.25) is 14.9 Å². The molecule has 0 aliphatic heterocycles. The van der Waals surface area contributed by atoms with Gasteiger partial charge >= 0.3 is 5.69 Å². The van der Waals surface area contributed by atoms with Crippen LogP contribution in [0.25, 0.3) is 0 Å². The Kier molecular flexibility index (Phi) is 5.52. The molecule has 5 nitrogen and oxygen atoms in total. The number of aryl methyl sites for hydroxylation is 1. The lowest BCUT2D eigenvalue weighted by Crippen LogP contribution is -2.12. The number of rotatable bonds is 5. The topological polar surface area (TPSA) is 72.2 Å². The second-order valence-electron chi connectivity index (χ2n) is 4.72. The molecule has 120 valence electrons. The first kappa shape index (κ1) is 17.2. The fourth-order valence-corrected chi connectivity index (χ4v) is 2.37. The van der Waals surface area contributed by atoms with E-state index in [-0.39, 0.29) is 18.7 Å². The third kappa shape index (κ3) is 4.64. The van der Waals surface area contributed by atoms with Crippen molar-refractivity contribution in [3.05, 3.63) is 67.9 Å². The van der Waals surface area contributed by atoms with Gasteiger partial charge in [0.25, 0.3) is 0 Å². The smallest absolute Gasteiger partial charge is 0.305 e. The lowest BCUT2D eigenvalue weighted by Gasteiger charge is -2.07. The molecule has 0 spiro atoms. The lowest BCUT2D eigenvalue weighted by atomic mass is 10.1. The predicted octanol–water partition coefficient (Wildman–Crippen LogP) is 4.61. The number of amides is 1. The Bertz CT molecular complexity index is 768. The summed E-state index contributed by atoms with van der Waals surface area (Å²) in [5, 5.41) is 14.1. The van der Waals surface area contributed by atoms with E-state index < -0.39 is 16.4 Å². The molecule has 0 atom stereocenters. The van der Waals surface area contributed by atoms with E-state index in [1.165, 1.54) is 12.1 Å². The summed E-state index contributed by atoms with van der Waals surface area (Å²) in [6, 6.07) is 8.21. The summed E-state index contributed by atoms with van der Waals surface area (Å²) in [6.45, 7) is 0. The average molecular weight is 357 g/mol. The molecule has 0 aliphatic carbocycles. The van der Waals surface area contributed by atoms with Gasteiger partial charge in [0.2, 0.25) is 11.7 Å². The van der Waals surface area contributed by atoms with Crippen LogP contribution in [0.1, 0.15) is 12.0 Å². The van der Waals surface area contributed by atoms with Crippen molar-refractivity contribution in [2.75, 3.05) is 5.32 Å². The van der Waals surface area contributed by atoms with Gasteiger partial charge < -0.3 is 5.32 Å². The Labute approximate surface area is 141 Å². The standard InChI is InChI=1S/C15H11Cl2FN2O3/c16-10-3-5-13(11(17)8-10)19-15(21)6-2-9-1-4-12(18)14(7-9)20(22)23/h1,3-5,7-8H,2,6H2,(H,19,21). The number of benzene rings is 2. The van der Waals surface area contributed by atoms with Crippen molar-refractivity contribution in [1.29, 1.82) is 0 Å². The Hall–Kier alpha value is -2.18. The van der Waals surface area contributed by atoms with Crippen molar-refractivity contribution < 1.29 is 14.1 Å². The van der Waals surface area contributed by atoms with Crippen LogP contribution in [-0.2, 0) is 11.2 Å². The Morgan fingerprint density at radius 3 is 2.61 bits per heavy atom. The van der Waals surface area contributed by atoms with E-state index in [0.717, 1.165) is 12.1 Å². The molecular weight excluding hydrogens is 346 g/mol. The molecule has 1 N–H and O–H groups in total. The van der Waals surface area contributed by atoms with Crippen molar-refractivity contribution in [3.63, 3.8) is 0 Å². The molecule has 8 heteroatoms. The van der Waals surface area contributed by atoms with Gasteiger partial charge in [0.15, 0.2) is 0 Å². The van der Waals surface area contributed by atoms with Gasteiger partial charge in [0, 0.05) is 17.5 Å². The molecule has 0 aliphatic rings. The maximum absolute atomic E-state index is 13.2. The maximum atomic E-state index is 13.2. The van der Waals surface area contributed by atoms with Crippen molar-refractivity contribution in [2.24, 2.45) is 0 Å². The van der Waals surface area contributed by atoms with Gasteiger partial charge in [0.05, 0.1) is 15.6 Å². The van der Waals surface area contributed by atoms with Crippen molar-refractivity contribution >= 4 is 40.5 Å². The third-order valence-electron chi connectivity index (χ3n) is 3.05. The molecule has 0 unspecified atom stereocenters. The Morgan fingerprint density at radius 1 is 1.22 bits per heavy atom. The highest BCUT2D eigenvalue weighted by atomic mass is 35.5. The van der Waals surface area contributed by atoms with Crippen molar-refractivity contribution in [1.82, 2.24) is 0 Å². The number of halogens is 3. The molecule has 0 saturated carbocycles. The van der Waals surface area contributed by atoms with Crippen LogP contribution in [0, 0.1) is 15.9 Å². The fourth-order valence-electron chi connectivity index (χ4n) is 1.92. The first-order chi connectivity index (χ1) is 10.9. The quantitative estimate of drug-likeness (QED) is 0.627. The van der Waals surface area contributed by atoms with Crippen LogP contribution in [0.3, 0.4) is 0 Å². The molecule has 0 bridgehead atoms. The molecule has 0 fully saturated rings. The summed E-state index contributed by atoms with van der Waals surface area (Å²) >= 11 is 11.7. The summed E-state index contributed by atoms with van der Waals surface area (Å²) < 4.78 is 13.2. The van der Waals surface area contributed by atoms with Gasteiger partial charge in [-0.25, -0.2) is 0 Å². The highest BCUT2D eigenvalue weighted by Gasteiger charge is 2.15. The molecule has 2 aromatic carbocycles. The van der Waals surface area contributed by atoms with Gasteiger partial charge in [-0.2, -0.15) is 4.39 Å². The number of nitro groups is 1. The van der Waals surface area contributed by atoms with E-state index in [1.54, 1.807) is 12.1 Å². The number of hydrogen-bond acceptors (Lipinski definition) is 3. The molecule has 0 aromatic heterocycles. The number of nitrogens with zero attached hydrogens (tertiary/aromatic N) is 1. The molecule has 0 saturated heterocycles. The number of hydrogen-bond donors (Lipinski definition) is 1. The maximum Gasteiger partial charge on any atom is 0.305 e. The minimum Gasteiger partial charge on any atom is -0.325 e. The zero-order valence-corrected chi connectivity index (χ0v) is 13.2. The fraction of sp³-hybridized carbons (Fsp3) is 0.133. The molecule has 1 amide bonds.